The molecule has 1 amide bonds. The van der Waals surface area contributed by atoms with Crippen LogP contribution >= 0.6 is 0 Å². The number of ether oxygens (including phenoxy) is 1. The maximum atomic E-state index is 11.4. The quantitative estimate of drug-likeness (QED) is 0.833. The van der Waals surface area contributed by atoms with E-state index in [2.05, 4.69) is 10.3 Å². The highest BCUT2D eigenvalue weighted by atomic mass is 16.6. The van der Waals surface area contributed by atoms with Gasteiger partial charge in [0.25, 0.3) is 0 Å². The zero-order valence-electron chi connectivity index (χ0n) is 11.4. The Labute approximate surface area is 108 Å². The van der Waals surface area contributed by atoms with Crippen LogP contribution in [0.1, 0.15) is 26.5 Å². The Bertz CT molecular complexity index is 395. The molecule has 0 aliphatic carbocycles. The summed E-state index contributed by atoms with van der Waals surface area (Å²) in [6, 6.07) is -0.159. The summed E-state index contributed by atoms with van der Waals surface area (Å²) in [6.07, 6.45) is 3.71. The first-order chi connectivity index (χ1) is 8.28. The number of alkyl carbamates (subject to hydrolysis) is 1. The lowest BCUT2D eigenvalue weighted by Gasteiger charge is -2.20. The van der Waals surface area contributed by atoms with Crippen molar-refractivity contribution >= 4 is 6.09 Å². The van der Waals surface area contributed by atoms with Gasteiger partial charge in [-0.3, -0.25) is 0 Å². The molecule has 0 spiro atoms. The van der Waals surface area contributed by atoms with Gasteiger partial charge in [-0.15, -0.1) is 0 Å². The molecule has 3 N–H and O–H groups in total. The molecule has 6 nitrogen and oxygen atoms in total. The summed E-state index contributed by atoms with van der Waals surface area (Å²) in [5, 5.41) is 2.66. The number of carbonyl (C=O) groups excluding carboxylic acids is 1. The minimum absolute atomic E-state index is 0.159. The fourth-order valence-electron chi connectivity index (χ4n) is 1.45. The number of nitrogens with zero attached hydrogens (tertiary/aromatic N) is 2. The molecule has 0 radical (unpaired) electrons. The second-order valence-corrected chi connectivity index (χ2v) is 5.34. The van der Waals surface area contributed by atoms with E-state index in [-0.39, 0.29) is 6.04 Å². The topological polar surface area (TPSA) is 82.2 Å². The van der Waals surface area contributed by atoms with Gasteiger partial charge >= 0.3 is 6.09 Å². The van der Waals surface area contributed by atoms with E-state index in [1.54, 1.807) is 12.5 Å². The molecule has 1 atom stereocenters. The Balaban J connectivity index is 2.31. The predicted octanol–water partition coefficient (Wildman–Crippen LogP) is 0.815. The lowest BCUT2D eigenvalue weighted by Crippen LogP contribution is -2.41. The summed E-state index contributed by atoms with van der Waals surface area (Å²) in [5.74, 6) is 0. The molecule has 0 saturated heterocycles. The van der Waals surface area contributed by atoms with Gasteiger partial charge in [-0.05, 0) is 20.8 Å². The van der Waals surface area contributed by atoms with Crippen LogP contribution in [0.3, 0.4) is 0 Å². The monoisotopic (exact) mass is 254 g/mol. The number of imidazole rings is 1. The van der Waals surface area contributed by atoms with Gasteiger partial charge < -0.3 is 20.4 Å². The summed E-state index contributed by atoms with van der Waals surface area (Å²) in [4.78, 5) is 15.4. The lowest BCUT2D eigenvalue weighted by atomic mass is 10.2. The van der Waals surface area contributed by atoms with Crippen molar-refractivity contribution in [2.45, 2.75) is 38.8 Å². The smallest absolute Gasteiger partial charge is 0.407 e. The maximum Gasteiger partial charge on any atom is 0.407 e. The van der Waals surface area contributed by atoms with Crippen LogP contribution < -0.4 is 11.1 Å². The van der Waals surface area contributed by atoms with Gasteiger partial charge in [0.1, 0.15) is 5.60 Å². The second-order valence-electron chi connectivity index (χ2n) is 5.34. The van der Waals surface area contributed by atoms with Crippen LogP contribution in [0.15, 0.2) is 12.5 Å². The summed E-state index contributed by atoms with van der Waals surface area (Å²) >= 11 is 0. The van der Waals surface area contributed by atoms with E-state index in [9.17, 15) is 4.79 Å². The number of amides is 1. The summed E-state index contributed by atoms with van der Waals surface area (Å²) in [5.41, 5.74) is 6.48. The third kappa shape index (κ3) is 5.18. The molecule has 0 fully saturated rings. The summed E-state index contributed by atoms with van der Waals surface area (Å²) < 4.78 is 7.03. The molecule has 1 aromatic rings. The fraction of sp³-hybridized carbons (Fsp3) is 0.667. The van der Waals surface area contributed by atoms with E-state index < -0.39 is 11.7 Å². The number of aromatic nitrogens is 2. The zero-order valence-corrected chi connectivity index (χ0v) is 11.4. The number of nitrogens with two attached hydrogens (primary N) is 1. The van der Waals surface area contributed by atoms with Crippen molar-refractivity contribution in [2.24, 2.45) is 12.8 Å². The Morgan fingerprint density at radius 2 is 2.28 bits per heavy atom. The standard InChI is InChI=1S/C12H22N4O2/c1-12(2,3)18-11(17)15-6-9(13)5-10-7-14-8-16(10)4/h7-9H,5-6,13H2,1-4H3,(H,15,17). The van der Waals surface area contributed by atoms with Gasteiger partial charge in [-0.2, -0.15) is 0 Å². The largest absolute Gasteiger partial charge is 0.444 e. The Morgan fingerprint density at radius 3 is 2.78 bits per heavy atom. The third-order valence-electron chi connectivity index (χ3n) is 2.30. The maximum absolute atomic E-state index is 11.4. The van der Waals surface area contributed by atoms with E-state index in [1.165, 1.54) is 0 Å². The minimum Gasteiger partial charge on any atom is -0.444 e. The van der Waals surface area contributed by atoms with E-state index >= 15 is 0 Å². The van der Waals surface area contributed by atoms with Gasteiger partial charge in [0.15, 0.2) is 0 Å². The Hall–Kier alpha value is -1.56. The van der Waals surface area contributed by atoms with E-state index in [4.69, 9.17) is 10.5 Å². The fourth-order valence-corrected chi connectivity index (χ4v) is 1.45. The van der Waals surface area contributed by atoms with Crippen LogP contribution in [0.4, 0.5) is 4.79 Å². The number of hydrogen-bond acceptors (Lipinski definition) is 4. The molecule has 6 heteroatoms. The Kier molecular flexibility index (Phi) is 4.72. The third-order valence-corrected chi connectivity index (χ3v) is 2.30. The van der Waals surface area contributed by atoms with Crippen LogP contribution in [0.2, 0.25) is 0 Å². The van der Waals surface area contributed by atoms with Crippen molar-refractivity contribution in [3.8, 4) is 0 Å². The molecule has 0 aliphatic heterocycles. The van der Waals surface area contributed by atoms with Crippen LogP contribution in [-0.2, 0) is 18.2 Å². The van der Waals surface area contributed by atoms with Crippen molar-refractivity contribution in [1.82, 2.24) is 14.9 Å². The second kappa shape index (κ2) is 5.86. The van der Waals surface area contributed by atoms with Crippen molar-refractivity contribution in [3.63, 3.8) is 0 Å². The first-order valence-corrected chi connectivity index (χ1v) is 5.95. The normalized spacial score (nSPS) is 13.2. The number of rotatable bonds is 4. The van der Waals surface area contributed by atoms with Crippen molar-refractivity contribution in [1.29, 1.82) is 0 Å². The van der Waals surface area contributed by atoms with Gasteiger partial charge in [0.2, 0.25) is 0 Å². The average molecular weight is 254 g/mol. The van der Waals surface area contributed by atoms with E-state index in [1.807, 2.05) is 32.4 Å². The highest BCUT2D eigenvalue weighted by molar-refractivity contribution is 5.67. The summed E-state index contributed by atoms with van der Waals surface area (Å²) in [7, 11) is 1.91. The lowest BCUT2D eigenvalue weighted by molar-refractivity contribution is 0.0524. The molecule has 1 rings (SSSR count). The molecule has 1 unspecified atom stereocenters. The van der Waals surface area contributed by atoms with Gasteiger partial charge in [-0.25, -0.2) is 9.78 Å². The first-order valence-electron chi connectivity index (χ1n) is 5.95. The molecule has 0 bridgehead atoms. The Morgan fingerprint density at radius 1 is 1.61 bits per heavy atom. The minimum atomic E-state index is -0.490. The molecule has 0 saturated carbocycles. The molecule has 102 valence electrons. The van der Waals surface area contributed by atoms with Gasteiger partial charge in [-0.1, -0.05) is 0 Å². The van der Waals surface area contributed by atoms with E-state index in [0.717, 1.165) is 5.69 Å². The predicted molar refractivity (Wildman–Crippen MR) is 69.1 cm³/mol. The van der Waals surface area contributed by atoms with Crippen molar-refractivity contribution in [2.75, 3.05) is 6.54 Å². The van der Waals surface area contributed by atoms with Crippen LogP contribution in [-0.4, -0.2) is 33.8 Å². The molecular formula is C12H22N4O2. The zero-order chi connectivity index (χ0) is 13.8. The highest BCUT2D eigenvalue weighted by Gasteiger charge is 2.16. The summed E-state index contributed by atoms with van der Waals surface area (Å²) in [6.45, 7) is 5.84. The SMILES string of the molecule is Cn1cncc1CC(N)CNC(=O)OC(C)(C)C. The molecule has 1 heterocycles. The first kappa shape index (κ1) is 14.5. The van der Waals surface area contributed by atoms with Gasteiger partial charge in [0, 0.05) is 37.9 Å². The number of nitrogens with one attached hydrogen (secondary N) is 1. The molecule has 0 aliphatic rings. The number of carbonyl (C=O) groups is 1. The molecule has 1 aromatic heterocycles. The highest BCUT2D eigenvalue weighted by Crippen LogP contribution is 2.06. The van der Waals surface area contributed by atoms with Crippen molar-refractivity contribution in [3.05, 3.63) is 18.2 Å². The van der Waals surface area contributed by atoms with Gasteiger partial charge in [0.05, 0.1) is 6.33 Å². The van der Waals surface area contributed by atoms with E-state index in [0.29, 0.717) is 13.0 Å². The average Bonchev–Trinajstić information content (AvgIpc) is 2.59. The molecular weight excluding hydrogens is 232 g/mol. The number of aryl methyl sites for hydroxylation is 1. The number of hydrogen-bond donors (Lipinski definition) is 2. The van der Waals surface area contributed by atoms with Crippen LogP contribution in [0.5, 0.6) is 0 Å². The molecule has 0 aromatic carbocycles. The molecule has 18 heavy (non-hydrogen) atoms. The van der Waals surface area contributed by atoms with Crippen molar-refractivity contribution < 1.29 is 9.53 Å². The van der Waals surface area contributed by atoms with Crippen LogP contribution in [0, 0.1) is 0 Å². The van der Waals surface area contributed by atoms with Crippen LogP contribution in [0.25, 0.3) is 0 Å².